The number of aliphatic hydroxyl groups is 1. The van der Waals surface area contributed by atoms with Crippen LogP contribution in [0.3, 0.4) is 0 Å². The third kappa shape index (κ3) is 5.72. The summed E-state index contributed by atoms with van der Waals surface area (Å²) in [7, 11) is 0.766. The van der Waals surface area contributed by atoms with Crippen LogP contribution in [0.5, 0.6) is 0 Å². The summed E-state index contributed by atoms with van der Waals surface area (Å²) < 4.78 is 4.64. The van der Waals surface area contributed by atoms with Crippen molar-refractivity contribution in [3.8, 4) is 0 Å². The van der Waals surface area contributed by atoms with E-state index in [9.17, 15) is 0 Å². The van der Waals surface area contributed by atoms with Gasteiger partial charge in [0.15, 0.2) is 0 Å². The van der Waals surface area contributed by atoms with Gasteiger partial charge in [0.2, 0.25) is 0 Å². The standard InChI is InChI=1S/C4H10O2Si/c1-2-6-3-4(5)7/h2,4-5H,1,3H2,7H3. The van der Waals surface area contributed by atoms with Gasteiger partial charge in [-0.05, 0) is 0 Å². The summed E-state index contributed by atoms with van der Waals surface area (Å²) in [5.74, 6) is 0. The van der Waals surface area contributed by atoms with Gasteiger partial charge in [-0.2, -0.15) is 0 Å². The summed E-state index contributed by atoms with van der Waals surface area (Å²) in [6.07, 6.45) is 1.33. The molecule has 0 spiro atoms. The van der Waals surface area contributed by atoms with Crippen molar-refractivity contribution >= 4 is 10.2 Å². The minimum atomic E-state index is -0.252. The summed E-state index contributed by atoms with van der Waals surface area (Å²) in [4.78, 5) is 0. The zero-order valence-corrected chi connectivity index (χ0v) is 6.42. The lowest BCUT2D eigenvalue weighted by Crippen LogP contribution is -2.11. The Hall–Kier alpha value is -0.283. The van der Waals surface area contributed by atoms with E-state index in [0.717, 1.165) is 10.2 Å². The Morgan fingerprint density at radius 1 is 2.00 bits per heavy atom. The van der Waals surface area contributed by atoms with Crippen LogP contribution >= 0.6 is 0 Å². The van der Waals surface area contributed by atoms with E-state index in [1.807, 2.05) is 0 Å². The molecule has 0 fully saturated rings. The molecular weight excluding hydrogens is 108 g/mol. The first-order valence-electron chi connectivity index (χ1n) is 2.18. The first-order valence-corrected chi connectivity index (χ1v) is 3.33. The molecule has 0 aliphatic heterocycles. The fourth-order valence-electron chi connectivity index (χ4n) is 0.207. The molecule has 0 bridgehead atoms. The zero-order valence-electron chi connectivity index (χ0n) is 4.42. The van der Waals surface area contributed by atoms with Crippen molar-refractivity contribution in [2.45, 2.75) is 5.73 Å². The molecule has 0 saturated carbocycles. The Bertz CT molecular complexity index is 53.7. The molecule has 1 N–H and O–H groups in total. The van der Waals surface area contributed by atoms with Crippen LogP contribution in [0.2, 0.25) is 0 Å². The lowest BCUT2D eigenvalue weighted by atomic mass is 10.8. The van der Waals surface area contributed by atoms with Crippen LogP contribution in [0.25, 0.3) is 0 Å². The largest absolute Gasteiger partial charge is 0.500 e. The molecule has 0 saturated heterocycles. The van der Waals surface area contributed by atoms with Crippen molar-refractivity contribution in [2.24, 2.45) is 0 Å². The normalized spacial score (nSPS) is 13.3. The fourth-order valence-corrected chi connectivity index (χ4v) is 0.400. The highest BCUT2D eigenvalue weighted by molar-refractivity contribution is 6.10. The minimum absolute atomic E-state index is 0.252. The number of aliphatic hydroxyl groups excluding tert-OH is 1. The highest BCUT2D eigenvalue weighted by Gasteiger charge is 1.89. The van der Waals surface area contributed by atoms with Gasteiger partial charge in [0.1, 0.15) is 6.61 Å². The van der Waals surface area contributed by atoms with Crippen molar-refractivity contribution < 1.29 is 9.84 Å². The third-order valence-electron chi connectivity index (χ3n) is 0.455. The molecule has 3 heteroatoms. The van der Waals surface area contributed by atoms with Gasteiger partial charge in [-0.1, -0.05) is 6.58 Å². The molecule has 0 radical (unpaired) electrons. The summed E-state index contributed by atoms with van der Waals surface area (Å²) in [6, 6.07) is 0. The maximum Gasteiger partial charge on any atom is 0.109 e. The second-order valence-electron chi connectivity index (χ2n) is 1.35. The molecule has 1 unspecified atom stereocenters. The molecule has 0 amide bonds. The average molecular weight is 118 g/mol. The lowest BCUT2D eigenvalue weighted by molar-refractivity contribution is 0.139. The summed E-state index contributed by atoms with van der Waals surface area (Å²) >= 11 is 0. The molecule has 0 aromatic carbocycles. The Labute approximate surface area is 46.2 Å². The average Bonchev–Trinajstić information content (AvgIpc) is 1.61. The molecule has 0 aromatic rings. The van der Waals surface area contributed by atoms with E-state index in [2.05, 4.69) is 11.3 Å². The molecule has 0 heterocycles. The minimum Gasteiger partial charge on any atom is -0.500 e. The first kappa shape index (κ1) is 6.72. The molecule has 2 nitrogen and oxygen atoms in total. The maximum absolute atomic E-state index is 8.57. The number of rotatable bonds is 3. The van der Waals surface area contributed by atoms with Crippen molar-refractivity contribution in [2.75, 3.05) is 6.61 Å². The highest BCUT2D eigenvalue weighted by atomic mass is 28.1. The van der Waals surface area contributed by atoms with E-state index in [4.69, 9.17) is 5.11 Å². The van der Waals surface area contributed by atoms with Crippen LogP contribution in [0.4, 0.5) is 0 Å². The van der Waals surface area contributed by atoms with Crippen LogP contribution < -0.4 is 0 Å². The lowest BCUT2D eigenvalue weighted by Gasteiger charge is -2.00. The van der Waals surface area contributed by atoms with E-state index in [-0.39, 0.29) is 5.73 Å². The van der Waals surface area contributed by atoms with Gasteiger partial charge in [-0.15, -0.1) is 0 Å². The van der Waals surface area contributed by atoms with Crippen molar-refractivity contribution in [1.29, 1.82) is 0 Å². The third-order valence-corrected chi connectivity index (χ3v) is 0.789. The van der Waals surface area contributed by atoms with Gasteiger partial charge < -0.3 is 9.84 Å². The topological polar surface area (TPSA) is 29.5 Å². The number of hydrogen-bond donors (Lipinski definition) is 1. The quantitative estimate of drug-likeness (QED) is 0.374. The number of hydrogen-bond acceptors (Lipinski definition) is 2. The van der Waals surface area contributed by atoms with E-state index in [0.29, 0.717) is 6.61 Å². The van der Waals surface area contributed by atoms with Gasteiger partial charge in [0.25, 0.3) is 0 Å². The Kier molecular flexibility index (Phi) is 3.73. The van der Waals surface area contributed by atoms with Crippen LogP contribution in [-0.2, 0) is 4.74 Å². The Balaban J connectivity index is 2.81. The fraction of sp³-hybridized carbons (Fsp3) is 0.500. The van der Waals surface area contributed by atoms with E-state index >= 15 is 0 Å². The summed E-state index contributed by atoms with van der Waals surface area (Å²) in [5, 5.41) is 8.57. The molecule has 0 aromatic heterocycles. The van der Waals surface area contributed by atoms with E-state index in [1.165, 1.54) is 6.26 Å². The molecule has 0 aliphatic carbocycles. The van der Waals surface area contributed by atoms with E-state index < -0.39 is 0 Å². The molecule has 0 rings (SSSR count). The Morgan fingerprint density at radius 2 is 2.57 bits per heavy atom. The van der Waals surface area contributed by atoms with Crippen LogP contribution in [0.1, 0.15) is 0 Å². The Morgan fingerprint density at radius 3 is 2.71 bits per heavy atom. The predicted octanol–water partition coefficient (Wildman–Crippen LogP) is -1.17. The van der Waals surface area contributed by atoms with Crippen LogP contribution in [0, 0.1) is 0 Å². The maximum atomic E-state index is 8.57. The summed E-state index contributed by atoms with van der Waals surface area (Å²) in [5.41, 5.74) is -0.252. The van der Waals surface area contributed by atoms with Crippen LogP contribution in [0.15, 0.2) is 12.8 Å². The van der Waals surface area contributed by atoms with Crippen molar-refractivity contribution in [3.05, 3.63) is 12.8 Å². The molecular formula is C4H10O2Si. The second kappa shape index (κ2) is 3.89. The monoisotopic (exact) mass is 118 g/mol. The molecule has 7 heavy (non-hydrogen) atoms. The molecule has 1 atom stereocenters. The molecule has 42 valence electrons. The smallest absolute Gasteiger partial charge is 0.109 e. The van der Waals surface area contributed by atoms with Gasteiger partial charge in [0.05, 0.1) is 12.0 Å². The van der Waals surface area contributed by atoms with Gasteiger partial charge in [-0.3, -0.25) is 0 Å². The van der Waals surface area contributed by atoms with Gasteiger partial charge >= 0.3 is 0 Å². The van der Waals surface area contributed by atoms with E-state index in [1.54, 1.807) is 0 Å². The zero-order chi connectivity index (χ0) is 5.70. The highest BCUT2D eigenvalue weighted by Crippen LogP contribution is 1.76. The van der Waals surface area contributed by atoms with Crippen molar-refractivity contribution in [3.63, 3.8) is 0 Å². The SMILES string of the molecule is C=COCC(O)[SiH3]. The summed E-state index contributed by atoms with van der Waals surface area (Å²) in [6.45, 7) is 3.71. The number of ether oxygens (including phenoxy) is 1. The van der Waals surface area contributed by atoms with Crippen molar-refractivity contribution in [1.82, 2.24) is 0 Å². The van der Waals surface area contributed by atoms with Crippen LogP contribution in [-0.4, -0.2) is 27.7 Å². The molecule has 0 aliphatic rings. The second-order valence-corrected chi connectivity index (χ2v) is 2.68. The first-order chi connectivity index (χ1) is 3.27. The van der Waals surface area contributed by atoms with Gasteiger partial charge in [-0.25, -0.2) is 0 Å². The van der Waals surface area contributed by atoms with Gasteiger partial charge in [0, 0.05) is 10.2 Å². The predicted molar refractivity (Wildman–Crippen MR) is 32.1 cm³/mol.